The molecule has 0 heterocycles. The molecule has 0 bridgehead atoms. The van der Waals surface area contributed by atoms with Crippen LogP contribution in [0, 0.1) is 0 Å². The van der Waals surface area contributed by atoms with Gasteiger partial charge in [-0.1, -0.05) is 48.5 Å². The summed E-state index contributed by atoms with van der Waals surface area (Å²) in [6.45, 7) is 1.70. The predicted octanol–water partition coefficient (Wildman–Crippen LogP) is 4.45. The van der Waals surface area contributed by atoms with Crippen LogP contribution >= 0.6 is 23.2 Å². The standard InChI is InChI=1S/C20H20Cl2N2/c1-24(2)12-11-23-19-15-9-5-3-7-13(15)17-18(20(17,21)22)14-8-4-6-10-16(14)19/h3-10,17-18H,11-12H2,1-2H3. The van der Waals surface area contributed by atoms with Crippen molar-refractivity contribution in [2.24, 2.45) is 4.99 Å². The minimum Gasteiger partial charge on any atom is -0.308 e. The Labute approximate surface area is 153 Å². The Kier molecular flexibility index (Phi) is 3.95. The van der Waals surface area contributed by atoms with Crippen LogP contribution in [0.4, 0.5) is 0 Å². The number of hydrogen-bond acceptors (Lipinski definition) is 2. The molecule has 0 spiro atoms. The molecule has 0 N–H and O–H groups in total. The lowest BCUT2D eigenvalue weighted by atomic mass is 9.95. The largest absolute Gasteiger partial charge is 0.308 e. The van der Waals surface area contributed by atoms with Crippen LogP contribution in [0.5, 0.6) is 0 Å². The number of aliphatic imine (C=N–C) groups is 1. The fourth-order valence-corrected chi connectivity index (χ4v) is 4.59. The van der Waals surface area contributed by atoms with Gasteiger partial charge in [0.15, 0.2) is 0 Å². The van der Waals surface area contributed by atoms with Crippen LogP contribution in [0.2, 0.25) is 0 Å². The molecule has 0 radical (unpaired) electrons. The molecule has 2 nitrogen and oxygen atoms in total. The van der Waals surface area contributed by atoms with E-state index in [2.05, 4.69) is 67.5 Å². The minimum absolute atomic E-state index is 0.139. The van der Waals surface area contributed by atoms with Crippen LogP contribution in [0.1, 0.15) is 34.1 Å². The van der Waals surface area contributed by atoms with Crippen molar-refractivity contribution in [3.8, 4) is 0 Å². The summed E-state index contributed by atoms with van der Waals surface area (Å²) in [6, 6.07) is 16.8. The lowest BCUT2D eigenvalue weighted by Gasteiger charge is -2.15. The van der Waals surface area contributed by atoms with Gasteiger partial charge in [-0.15, -0.1) is 23.2 Å². The van der Waals surface area contributed by atoms with E-state index in [-0.39, 0.29) is 11.8 Å². The van der Waals surface area contributed by atoms with Crippen molar-refractivity contribution in [1.29, 1.82) is 0 Å². The molecule has 2 aromatic carbocycles. The number of hydrogen-bond donors (Lipinski definition) is 0. The Morgan fingerprint density at radius 2 is 1.42 bits per heavy atom. The van der Waals surface area contributed by atoms with Gasteiger partial charge in [-0.05, 0) is 25.2 Å². The third-order valence-electron chi connectivity index (χ3n) is 4.97. The van der Waals surface area contributed by atoms with Gasteiger partial charge in [-0.25, -0.2) is 0 Å². The first-order valence-corrected chi connectivity index (χ1v) is 9.03. The first kappa shape index (κ1) is 16.1. The predicted molar refractivity (Wildman–Crippen MR) is 102 cm³/mol. The lowest BCUT2D eigenvalue weighted by Crippen LogP contribution is -2.17. The second kappa shape index (κ2) is 5.87. The van der Waals surface area contributed by atoms with Crippen LogP contribution in [-0.4, -0.2) is 42.1 Å². The number of fused-ring (bicyclic) bond motifs is 5. The molecule has 24 heavy (non-hydrogen) atoms. The Morgan fingerprint density at radius 3 is 1.92 bits per heavy atom. The van der Waals surface area contributed by atoms with Gasteiger partial charge in [0.2, 0.25) is 0 Å². The molecule has 2 aliphatic rings. The summed E-state index contributed by atoms with van der Waals surface area (Å²) < 4.78 is -0.721. The van der Waals surface area contributed by atoms with E-state index in [1.165, 1.54) is 22.3 Å². The van der Waals surface area contributed by atoms with Crippen molar-refractivity contribution < 1.29 is 0 Å². The Morgan fingerprint density at radius 1 is 0.917 bits per heavy atom. The van der Waals surface area contributed by atoms with E-state index in [0.717, 1.165) is 18.8 Å². The van der Waals surface area contributed by atoms with Crippen LogP contribution in [0.15, 0.2) is 53.5 Å². The number of nitrogens with zero attached hydrogens (tertiary/aromatic N) is 2. The molecule has 1 saturated carbocycles. The molecule has 4 rings (SSSR count). The maximum Gasteiger partial charge on any atom is 0.133 e. The fourth-order valence-electron chi connectivity index (χ4n) is 3.75. The zero-order valence-electron chi connectivity index (χ0n) is 13.8. The van der Waals surface area contributed by atoms with Gasteiger partial charge < -0.3 is 4.90 Å². The highest BCUT2D eigenvalue weighted by Crippen LogP contribution is 2.71. The van der Waals surface area contributed by atoms with Gasteiger partial charge in [0.05, 0.1) is 12.3 Å². The highest BCUT2D eigenvalue weighted by Gasteiger charge is 2.66. The summed E-state index contributed by atoms with van der Waals surface area (Å²) >= 11 is 13.3. The van der Waals surface area contributed by atoms with Crippen molar-refractivity contribution >= 4 is 28.9 Å². The van der Waals surface area contributed by atoms with Crippen LogP contribution in [0.25, 0.3) is 0 Å². The topological polar surface area (TPSA) is 15.6 Å². The summed E-state index contributed by atoms with van der Waals surface area (Å²) in [5.41, 5.74) is 5.83. The normalized spacial score (nSPS) is 23.1. The minimum atomic E-state index is -0.721. The van der Waals surface area contributed by atoms with E-state index in [1.54, 1.807) is 0 Å². The van der Waals surface area contributed by atoms with Gasteiger partial charge in [0.25, 0.3) is 0 Å². The van der Waals surface area contributed by atoms with Gasteiger partial charge in [0, 0.05) is 29.5 Å². The number of halogens is 2. The zero-order chi connectivity index (χ0) is 16.9. The highest BCUT2D eigenvalue weighted by atomic mass is 35.5. The molecule has 0 aliphatic heterocycles. The second-order valence-corrected chi connectivity index (χ2v) is 8.28. The molecule has 2 aromatic rings. The Balaban J connectivity index is 1.89. The lowest BCUT2D eigenvalue weighted by molar-refractivity contribution is 0.420. The monoisotopic (exact) mass is 358 g/mol. The first-order chi connectivity index (χ1) is 11.5. The average Bonchev–Trinajstić information content (AvgIpc) is 3.16. The number of likely N-dealkylation sites (N-methyl/N-ethyl adjacent to an activating group) is 1. The van der Waals surface area contributed by atoms with Gasteiger partial charge in [-0.2, -0.15) is 0 Å². The molecule has 2 aliphatic carbocycles. The van der Waals surface area contributed by atoms with Crippen molar-refractivity contribution in [2.45, 2.75) is 16.2 Å². The van der Waals surface area contributed by atoms with Crippen LogP contribution < -0.4 is 0 Å². The fraction of sp³-hybridized carbons (Fsp3) is 0.350. The quantitative estimate of drug-likeness (QED) is 0.739. The molecule has 0 saturated heterocycles. The van der Waals surface area contributed by atoms with E-state index < -0.39 is 4.33 Å². The SMILES string of the molecule is CN(C)CCN=C1c2ccccc2C2C(c3ccccc31)C2(Cl)Cl. The summed E-state index contributed by atoms with van der Waals surface area (Å²) in [5.74, 6) is 0.277. The van der Waals surface area contributed by atoms with E-state index in [0.29, 0.717) is 0 Å². The molecule has 124 valence electrons. The molecule has 1 fully saturated rings. The van der Waals surface area contributed by atoms with Gasteiger partial charge in [0.1, 0.15) is 4.33 Å². The summed E-state index contributed by atoms with van der Waals surface area (Å²) in [7, 11) is 4.14. The molecular formula is C20H20Cl2N2. The van der Waals surface area contributed by atoms with Gasteiger partial charge >= 0.3 is 0 Å². The van der Waals surface area contributed by atoms with Gasteiger partial charge in [-0.3, -0.25) is 4.99 Å². The van der Waals surface area contributed by atoms with Crippen molar-refractivity contribution in [3.63, 3.8) is 0 Å². The second-order valence-electron chi connectivity index (χ2n) is 6.84. The van der Waals surface area contributed by atoms with Crippen molar-refractivity contribution in [2.75, 3.05) is 27.2 Å². The molecule has 0 aromatic heterocycles. The van der Waals surface area contributed by atoms with E-state index in [1.807, 2.05) is 0 Å². The number of rotatable bonds is 3. The Hall–Kier alpha value is -1.35. The number of benzene rings is 2. The third-order valence-corrected chi connectivity index (χ3v) is 5.91. The van der Waals surface area contributed by atoms with E-state index >= 15 is 0 Å². The molecule has 2 unspecified atom stereocenters. The summed E-state index contributed by atoms with van der Waals surface area (Å²) in [4.78, 5) is 7.11. The summed E-state index contributed by atoms with van der Waals surface area (Å²) in [5, 5.41) is 0. The average molecular weight is 359 g/mol. The van der Waals surface area contributed by atoms with Crippen LogP contribution in [-0.2, 0) is 0 Å². The zero-order valence-corrected chi connectivity index (χ0v) is 15.3. The van der Waals surface area contributed by atoms with Crippen molar-refractivity contribution in [3.05, 3.63) is 70.8 Å². The Bertz CT molecular complexity index is 753. The molecular weight excluding hydrogens is 339 g/mol. The van der Waals surface area contributed by atoms with Crippen LogP contribution in [0.3, 0.4) is 0 Å². The third kappa shape index (κ3) is 2.48. The summed E-state index contributed by atoms with van der Waals surface area (Å²) in [6.07, 6.45) is 0. The smallest absolute Gasteiger partial charge is 0.133 e. The van der Waals surface area contributed by atoms with Crippen molar-refractivity contribution in [1.82, 2.24) is 4.90 Å². The maximum absolute atomic E-state index is 6.65. The van der Waals surface area contributed by atoms with E-state index in [4.69, 9.17) is 28.2 Å². The first-order valence-electron chi connectivity index (χ1n) is 8.27. The van der Waals surface area contributed by atoms with E-state index in [9.17, 15) is 0 Å². The maximum atomic E-state index is 6.65. The molecule has 0 amide bonds. The number of alkyl halides is 2. The highest BCUT2D eigenvalue weighted by molar-refractivity contribution is 6.52. The molecule has 2 atom stereocenters. The molecule has 4 heteroatoms.